The van der Waals surface area contributed by atoms with Crippen molar-refractivity contribution in [1.82, 2.24) is 0 Å². The van der Waals surface area contributed by atoms with Gasteiger partial charge in [-0.3, -0.25) is 0 Å². The molecule has 1 aromatic heterocycles. The monoisotopic (exact) mass is 1300 g/mol. The molecule has 0 bridgehead atoms. The van der Waals surface area contributed by atoms with E-state index < -0.39 is 195 Å². The number of rotatable bonds is 24. The first-order valence-corrected chi connectivity index (χ1v) is 28.2. The van der Waals surface area contributed by atoms with Crippen LogP contribution < -0.4 is 31.2 Å². The third-order valence-electron chi connectivity index (χ3n) is 14.8. The van der Waals surface area contributed by atoms with Gasteiger partial charge in [-0.1, -0.05) is 158 Å². The van der Waals surface area contributed by atoms with Gasteiger partial charge in [0, 0.05) is 17.7 Å². The van der Waals surface area contributed by atoms with Crippen LogP contribution in [0.2, 0.25) is 0 Å². The molecule has 0 N–H and O–H groups in total. The smallest absolute Gasteiger partial charge is 0.416 e. The van der Waals surface area contributed by atoms with Crippen LogP contribution in [-0.4, -0.2) is 12.8 Å². The lowest BCUT2D eigenvalue weighted by atomic mass is 9.12. The van der Waals surface area contributed by atoms with Gasteiger partial charge >= 0.3 is 49.4 Å². The minimum Gasteiger partial charge on any atom is -0.494 e. The van der Waals surface area contributed by atoms with Crippen LogP contribution >= 0.6 is 0 Å². The van der Waals surface area contributed by atoms with Gasteiger partial charge in [0.2, 0.25) is 0 Å². The van der Waals surface area contributed by atoms with E-state index in [1.54, 1.807) is 0 Å². The maximum absolute atomic E-state index is 14.2. The van der Waals surface area contributed by atoms with Gasteiger partial charge in [-0.25, -0.2) is 4.57 Å². The molecular formula is C62H60BF24NO. The Balaban J connectivity index is 0.000000380. The van der Waals surface area contributed by atoms with E-state index in [0.29, 0.717) is 0 Å². The van der Waals surface area contributed by atoms with Crippen molar-refractivity contribution in [1.29, 1.82) is 0 Å². The number of ether oxygens (including phenoxy) is 1. The Kier molecular flexibility index (Phi) is 24.7. The average molecular weight is 1300 g/mol. The second-order valence-electron chi connectivity index (χ2n) is 21.6. The number of hydrogen-bond acceptors (Lipinski definition) is 1. The molecule has 89 heavy (non-hydrogen) atoms. The summed E-state index contributed by atoms with van der Waals surface area (Å²) in [6.45, 7) is 4.04. The van der Waals surface area contributed by atoms with Crippen LogP contribution in [-0.2, 0) is 56.0 Å². The van der Waals surface area contributed by atoms with Crippen molar-refractivity contribution < 1.29 is 115 Å². The van der Waals surface area contributed by atoms with Gasteiger partial charge in [-0.05, 0) is 55.0 Å². The normalized spacial score (nSPS) is 13.1. The Morgan fingerprint density at radius 2 is 0.539 bits per heavy atom. The zero-order valence-corrected chi connectivity index (χ0v) is 47.4. The van der Waals surface area contributed by atoms with Crippen molar-refractivity contribution in [3.8, 4) is 5.75 Å². The van der Waals surface area contributed by atoms with Gasteiger partial charge in [-0.15, -0.1) is 0 Å². The van der Waals surface area contributed by atoms with Crippen LogP contribution in [0.4, 0.5) is 105 Å². The molecular weight excluding hydrogens is 1240 g/mol. The van der Waals surface area contributed by atoms with Crippen LogP contribution in [0, 0.1) is 0 Å². The second-order valence-corrected chi connectivity index (χ2v) is 21.6. The molecule has 0 radical (unpaired) electrons. The molecule has 0 saturated carbocycles. The average Bonchev–Trinajstić information content (AvgIpc) is 0.713. The minimum absolute atomic E-state index is 0.691. The number of aromatic nitrogens is 1. The van der Waals surface area contributed by atoms with Crippen LogP contribution in [0.1, 0.15) is 160 Å². The first kappa shape index (κ1) is 73.2. The van der Waals surface area contributed by atoms with E-state index in [2.05, 4.69) is 60.3 Å². The van der Waals surface area contributed by atoms with Crippen LogP contribution in [0.3, 0.4) is 0 Å². The van der Waals surface area contributed by atoms with Crippen LogP contribution in [0.15, 0.2) is 128 Å². The zero-order chi connectivity index (χ0) is 66.4. The number of nitrogens with zero attached hydrogens (tertiary/aromatic N) is 1. The number of unbranched alkanes of at least 4 members (excludes halogenated alkanes) is 15. The van der Waals surface area contributed by atoms with Crippen LogP contribution in [0.25, 0.3) is 0 Å². The molecule has 6 aromatic rings. The highest BCUT2D eigenvalue weighted by Crippen LogP contribution is 2.42. The molecule has 0 saturated heterocycles. The second kappa shape index (κ2) is 30.0. The quantitative estimate of drug-likeness (QED) is 0.0255. The lowest BCUT2D eigenvalue weighted by Crippen LogP contribution is -2.75. The maximum Gasteiger partial charge on any atom is 0.416 e. The molecule has 5 aromatic carbocycles. The maximum atomic E-state index is 14.2. The highest BCUT2D eigenvalue weighted by atomic mass is 19.4. The van der Waals surface area contributed by atoms with Gasteiger partial charge in [-0.2, -0.15) is 127 Å². The fraction of sp³-hybridized carbons (Fsp3) is 0.435. The van der Waals surface area contributed by atoms with Gasteiger partial charge in [0.25, 0.3) is 0 Å². The zero-order valence-electron chi connectivity index (χ0n) is 47.4. The van der Waals surface area contributed by atoms with Crippen molar-refractivity contribution in [3.63, 3.8) is 0 Å². The van der Waals surface area contributed by atoms with Crippen molar-refractivity contribution in [2.75, 3.05) is 6.61 Å². The summed E-state index contributed by atoms with van der Waals surface area (Å²) in [4.78, 5) is 0. The summed E-state index contributed by atoms with van der Waals surface area (Å²) >= 11 is 0. The van der Waals surface area contributed by atoms with Crippen molar-refractivity contribution >= 4 is 28.0 Å². The standard InChI is InChI=1S/C32H12BF24.C30H48NO/c34-25(35,36)13-1-14(26(37,38)39)6-21(5-13)33(22-7-15(27(40,41)42)2-16(8-22)28(43,44)45,23-9-17(29(46,47)48)3-18(10-23)30(49,50)51)24-11-19(31(52,53)54)4-20(12-24)32(55,56)57;1-2-3-4-5-6-7-8-9-10-11-12-13-14-15-16-20-27-32-30-23-21-29(22-24-30)28-31-25-18-17-19-26-31/h1-12H;17-19,21-26H,2-16,20,27-28H2,1H3/q-1;+1. The van der Waals surface area contributed by atoms with E-state index in [-0.39, 0.29) is 0 Å². The predicted octanol–water partition coefficient (Wildman–Crippen LogP) is 19.9. The molecule has 0 aliphatic carbocycles. The number of benzene rings is 5. The molecule has 0 fully saturated rings. The summed E-state index contributed by atoms with van der Waals surface area (Å²) < 4.78 is 349. The summed E-state index contributed by atoms with van der Waals surface area (Å²) in [7, 11) is 0. The van der Waals surface area contributed by atoms with E-state index in [1.807, 2.05) is 6.07 Å². The van der Waals surface area contributed by atoms with E-state index in [4.69, 9.17) is 4.74 Å². The molecule has 1 heterocycles. The Morgan fingerprint density at radius 3 is 0.775 bits per heavy atom. The summed E-state index contributed by atoms with van der Waals surface area (Å²) in [6.07, 6.45) is -28.1. The number of hydrogen-bond donors (Lipinski definition) is 0. The van der Waals surface area contributed by atoms with Gasteiger partial charge < -0.3 is 4.74 Å². The highest BCUT2D eigenvalue weighted by Gasteiger charge is 2.47. The lowest BCUT2D eigenvalue weighted by molar-refractivity contribution is -0.688. The molecule has 0 aliphatic rings. The molecule has 490 valence electrons. The molecule has 0 unspecified atom stereocenters. The fourth-order valence-corrected chi connectivity index (χ4v) is 10.4. The summed E-state index contributed by atoms with van der Waals surface area (Å²) in [5, 5.41) is 0. The number of alkyl halides is 24. The lowest BCUT2D eigenvalue weighted by Gasteiger charge is -2.46. The third-order valence-corrected chi connectivity index (χ3v) is 14.8. The van der Waals surface area contributed by atoms with Crippen molar-refractivity contribution in [2.24, 2.45) is 0 Å². The Labute approximate surface area is 497 Å². The van der Waals surface area contributed by atoms with Gasteiger partial charge in [0.15, 0.2) is 18.9 Å². The van der Waals surface area contributed by atoms with Crippen molar-refractivity contribution in [2.45, 2.75) is 166 Å². The van der Waals surface area contributed by atoms with E-state index >= 15 is 0 Å². The fourth-order valence-electron chi connectivity index (χ4n) is 10.4. The summed E-state index contributed by atoms with van der Waals surface area (Å²) in [5.74, 6) is 0.993. The molecule has 6 rings (SSSR count). The number of pyridine rings is 1. The Bertz CT molecular complexity index is 2730. The Hall–Kier alpha value is -6.57. The van der Waals surface area contributed by atoms with E-state index in [0.717, 1.165) is 18.9 Å². The van der Waals surface area contributed by atoms with Crippen molar-refractivity contribution in [3.05, 3.63) is 178 Å². The Morgan fingerprint density at radius 1 is 0.303 bits per heavy atom. The number of halogens is 24. The molecule has 2 nitrogen and oxygen atoms in total. The predicted molar refractivity (Wildman–Crippen MR) is 287 cm³/mol. The van der Waals surface area contributed by atoms with Gasteiger partial charge in [0.05, 0.1) is 51.1 Å². The molecule has 0 amide bonds. The van der Waals surface area contributed by atoms with E-state index in [1.165, 1.54) is 108 Å². The molecule has 27 heteroatoms. The van der Waals surface area contributed by atoms with Gasteiger partial charge in [0.1, 0.15) is 11.9 Å². The summed E-state index contributed by atoms with van der Waals surface area (Å²) in [6, 6.07) is 5.91. The largest absolute Gasteiger partial charge is 0.494 e. The molecule has 0 aliphatic heterocycles. The minimum atomic E-state index is -6.13. The summed E-state index contributed by atoms with van der Waals surface area (Å²) in [5.41, 5.74) is -28.9. The first-order valence-electron chi connectivity index (χ1n) is 28.2. The molecule has 0 atom stereocenters. The van der Waals surface area contributed by atoms with E-state index in [9.17, 15) is 105 Å². The highest BCUT2D eigenvalue weighted by molar-refractivity contribution is 7.20. The SMILES string of the molecule is CCCCCCCCCCCCCCCCCCOc1ccc(C[n+]2ccccc2)cc1.FC(F)(F)c1cc([B-](c2cc(C(F)(F)F)cc(C(F)(F)F)c2)(c2cc(C(F)(F)F)cc(C(F)(F)F)c2)c2cc(C(F)(F)F)cc(C(F)(F)F)c2)cc(C(F)(F)F)c1. The third kappa shape index (κ3) is 21.5. The molecule has 0 spiro atoms. The topological polar surface area (TPSA) is 13.1 Å². The van der Waals surface area contributed by atoms with Crippen LogP contribution in [0.5, 0.6) is 5.75 Å². The first-order chi connectivity index (χ1) is 41.1.